The predicted molar refractivity (Wildman–Crippen MR) is 56.5 cm³/mol. The molecule has 14 heavy (non-hydrogen) atoms. The lowest BCUT2D eigenvalue weighted by Gasteiger charge is -2.22. The van der Waals surface area contributed by atoms with Crippen LogP contribution in [0.15, 0.2) is 18.3 Å². The Morgan fingerprint density at radius 1 is 1.36 bits per heavy atom. The fourth-order valence-corrected chi connectivity index (χ4v) is 2.96. The van der Waals surface area contributed by atoms with Crippen LogP contribution in [0.3, 0.4) is 0 Å². The van der Waals surface area contributed by atoms with Crippen LogP contribution >= 0.6 is 11.6 Å². The molecular weight excluding hydrogens is 196 g/mol. The molecule has 3 rings (SSSR count). The van der Waals surface area contributed by atoms with Crippen LogP contribution in [0.25, 0.3) is 0 Å². The summed E-state index contributed by atoms with van der Waals surface area (Å²) in [7, 11) is 0. The largest absolute Gasteiger partial charge is 0.314 e. The van der Waals surface area contributed by atoms with Crippen LogP contribution in [0.4, 0.5) is 0 Å². The molecule has 0 amide bonds. The Morgan fingerprint density at radius 3 is 2.86 bits per heavy atom. The Hall–Kier alpha value is -0.600. The highest BCUT2D eigenvalue weighted by Gasteiger charge is 2.39. The van der Waals surface area contributed by atoms with Gasteiger partial charge in [-0.25, -0.2) is 4.98 Å². The van der Waals surface area contributed by atoms with Gasteiger partial charge in [-0.15, -0.1) is 0 Å². The van der Waals surface area contributed by atoms with Gasteiger partial charge in [0, 0.05) is 12.2 Å². The minimum absolute atomic E-state index is 0.593. The second-order valence-corrected chi connectivity index (χ2v) is 4.74. The molecule has 1 aromatic rings. The van der Waals surface area contributed by atoms with Crippen LogP contribution in [-0.2, 0) is 0 Å². The summed E-state index contributed by atoms with van der Waals surface area (Å²) in [6.45, 7) is 1.18. The van der Waals surface area contributed by atoms with Crippen molar-refractivity contribution in [3.63, 3.8) is 0 Å². The van der Waals surface area contributed by atoms with Crippen molar-refractivity contribution in [1.29, 1.82) is 0 Å². The molecular formula is C11H13ClN2. The zero-order valence-corrected chi connectivity index (χ0v) is 8.67. The lowest BCUT2D eigenvalue weighted by molar-refractivity contribution is 0.440. The Bertz CT molecular complexity index is 336. The van der Waals surface area contributed by atoms with E-state index in [-0.39, 0.29) is 0 Å². The van der Waals surface area contributed by atoms with Crippen molar-refractivity contribution in [2.75, 3.05) is 6.54 Å². The standard InChI is InChI=1S/C11H13ClN2/c12-11-2-1-7(5-14-11)10-4-9-3-8(10)6-13-9/h1-2,5,8-10,13H,3-4,6H2/t8-,9-,10+/m0/s1. The van der Waals surface area contributed by atoms with Crippen molar-refractivity contribution >= 4 is 11.6 Å². The number of nitrogens with zero attached hydrogens (tertiary/aromatic N) is 1. The van der Waals surface area contributed by atoms with E-state index >= 15 is 0 Å². The van der Waals surface area contributed by atoms with Crippen molar-refractivity contribution in [2.45, 2.75) is 24.8 Å². The molecule has 0 unspecified atom stereocenters. The van der Waals surface area contributed by atoms with Gasteiger partial charge in [-0.3, -0.25) is 0 Å². The summed E-state index contributed by atoms with van der Waals surface area (Å²) in [6, 6.07) is 4.78. The summed E-state index contributed by atoms with van der Waals surface area (Å²) in [5.41, 5.74) is 1.36. The van der Waals surface area contributed by atoms with Crippen LogP contribution < -0.4 is 5.32 Å². The summed E-state index contributed by atoms with van der Waals surface area (Å²) < 4.78 is 0. The number of aromatic nitrogens is 1. The van der Waals surface area contributed by atoms with Crippen molar-refractivity contribution in [2.24, 2.45) is 5.92 Å². The second-order valence-electron chi connectivity index (χ2n) is 4.36. The van der Waals surface area contributed by atoms with Crippen LogP contribution in [-0.4, -0.2) is 17.6 Å². The number of hydrogen-bond acceptors (Lipinski definition) is 2. The summed E-state index contributed by atoms with van der Waals surface area (Å²) >= 11 is 5.77. The molecule has 1 saturated heterocycles. The highest BCUT2D eigenvalue weighted by atomic mass is 35.5. The quantitative estimate of drug-likeness (QED) is 0.716. The Kier molecular flexibility index (Phi) is 1.99. The highest BCUT2D eigenvalue weighted by Crippen LogP contribution is 2.42. The first-order chi connectivity index (χ1) is 6.83. The number of halogens is 1. The fraction of sp³-hybridized carbons (Fsp3) is 0.545. The van der Waals surface area contributed by atoms with E-state index in [1.165, 1.54) is 24.9 Å². The molecule has 2 heterocycles. The van der Waals surface area contributed by atoms with E-state index in [4.69, 9.17) is 11.6 Å². The molecule has 2 fully saturated rings. The van der Waals surface area contributed by atoms with Gasteiger partial charge < -0.3 is 5.32 Å². The minimum atomic E-state index is 0.593. The molecule has 3 heteroatoms. The molecule has 1 aliphatic carbocycles. The number of fused-ring (bicyclic) bond motifs is 2. The summed E-state index contributed by atoms with van der Waals surface area (Å²) in [6.07, 6.45) is 4.55. The maximum Gasteiger partial charge on any atom is 0.129 e. The second kappa shape index (κ2) is 3.21. The monoisotopic (exact) mass is 208 g/mol. The molecule has 1 aliphatic heterocycles. The number of nitrogens with one attached hydrogen (secondary N) is 1. The van der Waals surface area contributed by atoms with Gasteiger partial charge in [0.15, 0.2) is 0 Å². The van der Waals surface area contributed by atoms with Crippen LogP contribution in [0.5, 0.6) is 0 Å². The van der Waals surface area contributed by atoms with Crippen molar-refractivity contribution in [1.82, 2.24) is 10.3 Å². The molecule has 0 aromatic carbocycles. The third kappa shape index (κ3) is 1.33. The van der Waals surface area contributed by atoms with Gasteiger partial charge in [-0.2, -0.15) is 0 Å². The van der Waals surface area contributed by atoms with Crippen molar-refractivity contribution < 1.29 is 0 Å². The highest BCUT2D eigenvalue weighted by molar-refractivity contribution is 6.29. The Labute approximate surface area is 88.7 Å². The Morgan fingerprint density at radius 2 is 2.29 bits per heavy atom. The topological polar surface area (TPSA) is 24.9 Å². The van der Waals surface area contributed by atoms with E-state index in [9.17, 15) is 0 Å². The Balaban J connectivity index is 1.86. The number of pyridine rings is 1. The molecule has 74 valence electrons. The van der Waals surface area contributed by atoms with Crippen molar-refractivity contribution in [3.8, 4) is 0 Å². The first kappa shape index (κ1) is 8.69. The molecule has 1 N–H and O–H groups in total. The molecule has 0 spiro atoms. The van der Waals surface area contributed by atoms with Crippen LogP contribution in [0.2, 0.25) is 5.15 Å². The van der Waals surface area contributed by atoms with E-state index < -0.39 is 0 Å². The lowest BCUT2D eigenvalue weighted by Crippen LogP contribution is -2.28. The molecule has 2 nitrogen and oxygen atoms in total. The smallest absolute Gasteiger partial charge is 0.129 e. The number of hydrogen-bond donors (Lipinski definition) is 1. The van der Waals surface area contributed by atoms with E-state index in [1.54, 1.807) is 0 Å². The third-order valence-electron chi connectivity index (χ3n) is 3.54. The summed E-state index contributed by atoms with van der Waals surface area (Å²) in [4.78, 5) is 4.15. The minimum Gasteiger partial charge on any atom is -0.314 e. The van der Waals surface area contributed by atoms with Gasteiger partial charge in [0.05, 0.1) is 0 Å². The first-order valence-electron chi connectivity index (χ1n) is 5.18. The van der Waals surface area contributed by atoms with Gasteiger partial charge in [-0.05, 0) is 42.9 Å². The molecule has 2 aliphatic rings. The zero-order valence-electron chi connectivity index (χ0n) is 7.91. The van der Waals surface area contributed by atoms with Gasteiger partial charge in [0.2, 0.25) is 0 Å². The van der Waals surface area contributed by atoms with Crippen LogP contribution in [0, 0.1) is 5.92 Å². The van der Waals surface area contributed by atoms with E-state index in [0.717, 1.165) is 12.0 Å². The molecule has 3 atom stereocenters. The zero-order chi connectivity index (χ0) is 9.54. The maximum atomic E-state index is 5.77. The third-order valence-corrected chi connectivity index (χ3v) is 3.77. The lowest BCUT2D eigenvalue weighted by atomic mass is 9.89. The SMILES string of the molecule is Clc1ccc([C@H]2C[C@@H]3C[C@H]2CN3)cn1. The first-order valence-corrected chi connectivity index (χ1v) is 5.55. The predicted octanol–water partition coefficient (Wildman–Crippen LogP) is 2.20. The van der Waals surface area contributed by atoms with E-state index in [0.29, 0.717) is 11.1 Å². The number of piperidine rings is 1. The molecule has 1 aromatic heterocycles. The summed E-state index contributed by atoms with van der Waals surface area (Å²) in [5.74, 6) is 1.54. The van der Waals surface area contributed by atoms with Gasteiger partial charge in [0.25, 0.3) is 0 Å². The average Bonchev–Trinajstić information content (AvgIpc) is 2.80. The average molecular weight is 209 g/mol. The van der Waals surface area contributed by atoms with E-state index in [2.05, 4.69) is 16.4 Å². The van der Waals surface area contributed by atoms with Crippen molar-refractivity contribution in [3.05, 3.63) is 29.0 Å². The van der Waals surface area contributed by atoms with Crippen LogP contribution in [0.1, 0.15) is 24.3 Å². The van der Waals surface area contributed by atoms with E-state index in [1.807, 2.05) is 12.3 Å². The van der Waals surface area contributed by atoms with Gasteiger partial charge >= 0.3 is 0 Å². The summed E-state index contributed by atoms with van der Waals surface area (Å²) in [5, 5.41) is 4.11. The fourth-order valence-electron chi connectivity index (χ4n) is 2.85. The molecule has 0 radical (unpaired) electrons. The maximum absolute atomic E-state index is 5.77. The van der Waals surface area contributed by atoms with Gasteiger partial charge in [-0.1, -0.05) is 17.7 Å². The van der Waals surface area contributed by atoms with Gasteiger partial charge in [0.1, 0.15) is 5.15 Å². The molecule has 1 saturated carbocycles. The molecule has 2 bridgehead atoms. The normalized spacial score (nSPS) is 35.1. The number of rotatable bonds is 1.